The molecule has 0 saturated heterocycles. The minimum absolute atomic E-state index is 0. The molecule has 0 spiro atoms. The second-order valence-electron chi connectivity index (χ2n) is 7.07. The Morgan fingerprint density at radius 3 is 0.938 bits per heavy atom. The summed E-state index contributed by atoms with van der Waals surface area (Å²) in [7, 11) is 0. The van der Waals surface area contributed by atoms with Gasteiger partial charge in [-0.05, 0) is 72.3 Å². The van der Waals surface area contributed by atoms with Crippen molar-refractivity contribution in [1.82, 2.24) is 30.6 Å². The van der Waals surface area contributed by atoms with Crippen LogP contribution in [0.15, 0.2) is 0 Å². The van der Waals surface area contributed by atoms with Gasteiger partial charge in [-0.15, -0.1) is 50.9 Å². The van der Waals surface area contributed by atoms with Crippen LogP contribution in [-0.4, -0.2) is 30.6 Å². The van der Waals surface area contributed by atoms with Crippen molar-refractivity contribution in [2.75, 3.05) is 0 Å². The van der Waals surface area contributed by atoms with Crippen LogP contribution in [0.3, 0.4) is 0 Å². The zero-order valence-corrected chi connectivity index (χ0v) is 26.5. The van der Waals surface area contributed by atoms with Gasteiger partial charge in [0, 0.05) is 38.8 Å². The van der Waals surface area contributed by atoms with Crippen molar-refractivity contribution in [3.63, 3.8) is 0 Å². The molecule has 3 heterocycles. The molecule has 0 aliphatic heterocycles. The normalized spacial score (nSPS) is 9.94. The van der Waals surface area contributed by atoms with Crippen molar-refractivity contribution in [3.8, 4) is 0 Å². The van der Waals surface area contributed by atoms with Crippen LogP contribution in [0.4, 0.5) is 0 Å². The Bertz CT molecular complexity index is 750. The molecule has 3 aromatic heterocycles. The third-order valence-electron chi connectivity index (χ3n) is 5.56. The number of aryl methyl sites for hydroxylation is 6. The van der Waals surface area contributed by atoms with Crippen molar-refractivity contribution in [2.24, 2.45) is 0 Å². The van der Waals surface area contributed by atoms with Crippen LogP contribution in [0.1, 0.15) is 92.4 Å². The topological polar surface area (TPSA) is 86.0 Å². The Balaban J connectivity index is 0. The first-order chi connectivity index (χ1) is 13.6. The molecule has 0 radical (unpaired) electrons. The standard InChI is InChI=1S/C22H33N6.3BrH.Ti/c1-7-13-19(14(8-2)24-23-13)22(20-15(9-3)25-26-16(20)10-4)21-17(11-5)27-28-18(21)12-6;;;;/h7-12H2,1-6H3,(H,23,24)(H,25,26)(H,27,28);3*1H;/q-1;;;;. The number of hydrogen-bond acceptors (Lipinski definition) is 3. The molecule has 0 aromatic carbocycles. The minimum atomic E-state index is 0. The first-order valence-corrected chi connectivity index (χ1v) is 10.7. The molecule has 3 N–H and O–H groups in total. The molecule has 0 fully saturated rings. The molecule has 3 aromatic rings. The van der Waals surface area contributed by atoms with E-state index < -0.39 is 0 Å². The third-order valence-corrected chi connectivity index (χ3v) is 5.56. The number of aromatic amines is 3. The first kappa shape index (κ1) is 33.8. The average Bonchev–Trinajstić information content (AvgIpc) is 3.44. The van der Waals surface area contributed by atoms with E-state index in [4.69, 9.17) is 0 Å². The Labute approximate surface area is 238 Å². The van der Waals surface area contributed by atoms with Crippen molar-refractivity contribution in [3.05, 3.63) is 56.8 Å². The monoisotopic (exact) mass is 669 g/mol. The van der Waals surface area contributed by atoms with E-state index in [1.807, 2.05) is 0 Å². The molecule has 0 aliphatic carbocycles. The van der Waals surface area contributed by atoms with Gasteiger partial charge in [-0.2, -0.15) is 0 Å². The number of H-pyrrole nitrogens is 3. The molecule has 10 heteroatoms. The van der Waals surface area contributed by atoms with E-state index in [9.17, 15) is 0 Å². The maximum Gasteiger partial charge on any atom is 0.0235 e. The van der Waals surface area contributed by atoms with E-state index in [1.165, 1.54) is 39.7 Å². The molecule has 3 rings (SSSR count). The van der Waals surface area contributed by atoms with Crippen LogP contribution in [0, 0.1) is 5.92 Å². The minimum Gasteiger partial charge on any atom is -0.310 e. The van der Waals surface area contributed by atoms with Gasteiger partial charge in [0.15, 0.2) is 0 Å². The maximum absolute atomic E-state index is 4.66. The largest absolute Gasteiger partial charge is 0.310 e. The predicted molar refractivity (Wildman–Crippen MR) is 144 cm³/mol. The van der Waals surface area contributed by atoms with Gasteiger partial charge in [-0.3, -0.25) is 0 Å². The van der Waals surface area contributed by atoms with Gasteiger partial charge in [-0.1, -0.05) is 47.5 Å². The summed E-state index contributed by atoms with van der Waals surface area (Å²) < 4.78 is 0. The van der Waals surface area contributed by atoms with Gasteiger partial charge in [0.1, 0.15) is 0 Å². The van der Waals surface area contributed by atoms with Crippen LogP contribution < -0.4 is 0 Å². The first-order valence-electron chi connectivity index (χ1n) is 10.7. The Kier molecular flexibility index (Phi) is 16.4. The van der Waals surface area contributed by atoms with Crippen molar-refractivity contribution < 1.29 is 21.7 Å². The van der Waals surface area contributed by atoms with Gasteiger partial charge < -0.3 is 15.3 Å². The summed E-state index contributed by atoms with van der Waals surface area (Å²) in [5, 5.41) is 23.9. The zero-order chi connectivity index (χ0) is 20.3. The smallest absolute Gasteiger partial charge is 0.0235 e. The maximum atomic E-state index is 4.66. The van der Waals surface area contributed by atoms with Crippen LogP contribution in [-0.2, 0) is 60.2 Å². The third kappa shape index (κ3) is 6.20. The molecule has 0 amide bonds. The van der Waals surface area contributed by atoms with E-state index in [1.54, 1.807) is 0 Å². The molecule has 6 nitrogen and oxygen atoms in total. The second kappa shape index (κ2) is 15.5. The van der Waals surface area contributed by atoms with Crippen LogP contribution in [0.5, 0.6) is 0 Å². The summed E-state index contributed by atoms with van der Waals surface area (Å²) in [6.45, 7) is 13.1. The summed E-state index contributed by atoms with van der Waals surface area (Å²) in [4.78, 5) is 0. The summed E-state index contributed by atoms with van der Waals surface area (Å²) >= 11 is 0. The number of nitrogens with one attached hydrogen (secondary N) is 3. The summed E-state index contributed by atoms with van der Waals surface area (Å²) in [6.07, 6.45) is 5.39. The predicted octanol–water partition coefficient (Wildman–Crippen LogP) is 5.98. The molecule has 32 heavy (non-hydrogen) atoms. The second-order valence-corrected chi connectivity index (χ2v) is 7.07. The molecule has 0 aliphatic rings. The summed E-state index contributed by atoms with van der Waals surface area (Å²) in [5.41, 5.74) is 10.6. The van der Waals surface area contributed by atoms with E-state index in [0.29, 0.717) is 0 Å². The number of nitrogens with zero attached hydrogens (tertiary/aromatic N) is 3. The van der Waals surface area contributed by atoms with Gasteiger partial charge in [-0.25, -0.2) is 15.3 Å². The van der Waals surface area contributed by atoms with Crippen LogP contribution in [0.25, 0.3) is 0 Å². The summed E-state index contributed by atoms with van der Waals surface area (Å²) in [6, 6.07) is 0. The molecular weight excluding hydrogens is 636 g/mol. The van der Waals surface area contributed by atoms with E-state index in [2.05, 4.69) is 72.1 Å². The van der Waals surface area contributed by atoms with Gasteiger partial charge in [0.25, 0.3) is 0 Å². The van der Waals surface area contributed by atoms with Gasteiger partial charge in [0.05, 0.1) is 0 Å². The molecule has 0 unspecified atom stereocenters. The van der Waals surface area contributed by atoms with Crippen LogP contribution >= 0.6 is 50.9 Å². The fraction of sp³-hybridized carbons (Fsp3) is 0.545. The van der Waals surface area contributed by atoms with Crippen molar-refractivity contribution >= 4 is 50.9 Å². The van der Waals surface area contributed by atoms with Gasteiger partial charge in [0.2, 0.25) is 0 Å². The number of aromatic nitrogens is 6. The fourth-order valence-corrected chi connectivity index (χ4v) is 4.06. The van der Waals surface area contributed by atoms with E-state index >= 15 is 0 Å². The quantitative estimate of drug-likeness (QED) is 0.193. The van der Waals surface area contributed by atoms with Crippen molar-refractivity contribution in [1.29, 1.82) is 0 Å². The number of hydrogen-bond donors (Lipinski definition) is 3. The zero-order valence-electron chi connectivity index (χ0n) is 19.8. The van der Waals surface area contributed by atoms with E-state index in [-0.39, 0.29) is 72.7 Å². The Hall–Kier alpha value is -0.346. The fourth-order valence-electron chi connectivity index (χ4n) is 4.06. The Morgan fingerprint density at radius 2 is 0.750 bits per heavy atom. The van der Waals surface area contributed by atoms with E-state index in [0.717, 1.165) is 55.6 Å². The Morgan fingerprint density at radius 1 is 0.500 bits per heavy atom. The van der Waals surface area contributed by atoms with Crippen molar-refractivity contribution in [2.45, 2.75) is 80.1 Å². The number of halogens is 3. The van der Waals surface area contributed by atoms with Gasteiger partial charge >= 0.3 is 0 Å². The number of rotatable bonds is 9. The van der Waals surface area contributed by atoms with Crippen LogP contribution in [0.2, 0.25) is 0 Å². The summed E-state index contributed by atoms with van der Waals surface area (Å²) in [5.74, 6) is 1.24. The molecule has 0 saturated carbocycles. The molecule has 0 bridgehead atoms. The SMILES string of the molecule is Br.Br.Br.CCc1n[nH]c(CC)c1[C-](c1c(CC)n[nH]c1CC)c1c(CC)n[nH]c1CC.[Ti]. The average molecular weight is 672 g/mol. The molecule has 0 atom stereocenters. The molecule has 180 valence electrons. The molecular formula is C22H36Br3N6Ti-.